The fraction of sp³-hybridized carbons (Fsp3) is 0.267. The van der Waals surface area contributed by atoms with Crippen LogP contribution in [0.3, 0.4) is 0 Å². The van der Waals surface area contributed by atoms with Crippen LogP contribution in [0.25, 0.3) is 10.8 Å². The minimum atomic E-state index is -5.87. The Bertz CT molecular complexity index is 753. The van der Waals surface area contributed by atoms with Crippen LogP contribution in [0.15, 0.2) is 30.3 Å². The van der Waals surface area contributed by atoms with Gasteiger partial charge in [0.15, 0.2) is 0 Å². The molecule has 0 bridgehead atoms. The fourth-order valence-electron chi connectivity index (χ4n) is 2.23. The minimum Gasteiger partial charge on any atom is -0.495 e. The summed E-state index contributed by atoms with van der Waals surface area (Å²) in [6, 6.07) is 6.41. The summed E-state index contributed by atoms with van der Waals surface area (Å²) >= 11 is 0. The standard InChI is InChI=1S/C15H11F5O3/c1-22-12-9-6-4-3-5-8(9)7-10(11(12)13(21)23-2)14(16,17)15(18,19)20/h3-7H,1-2H3. The SMILES string of the molecule is COC(=O)c1c(C(F)(F)C(F)(F)F)cc2ccccc2c1OC. The summed E-state index contributed by atoms with van der Waals surface area (Å²) in [5.41, 5.74) is -2.46. The molecule has 0 unspecified atom stereocenters. The van der Waals surface area contributed by atoms with Crippen LogP contribution in [0.2, 0.25) is 0 Å². The van der Waals surface area contributed by atoms with Crippen LogP contribution in [-0.4, -0.2) is 26.4 Å². The first kappa shape index (κ1) is 17.0. The van der Waals surface area contributed by atoms with Crippen LogP contribution in [0.4, 0.5) is 22.0 Å². The van der Waals surface area contributed by atoms with E-state index >= 15 is 0 Å². The van der Waals surface area contributed by atoms with Crippen LogP contribution in [0.1, 0.15) is 15.9 Å². The number of carbonyl (C=O) groups excluding carboxylic acids is 1. The molecule has 0 saturated carbocycles. The maximum absolute atomic E-state index is 13.9. The Balaban J connectivity index is 2.95. The molecule has 3 nitrogen and oxygen atoms in total. The molecule has 0 radical (unpaired) electrons. The van der Waals surface area contributed by atoms with Gasteiger partial charge in [-0.2, -0.15) is 22.0 Å². The van der Waals surface area contributed by atoms with Gasteiger partial charge >= 0.3 is 18.1 Å². The molecule has 0 aliphatic heterocycles. The predicted octanol–water partition coefficient (Wildman–Crippen LogP) is 4.29. The number of methoxy groups -OCH3 is 2. The quantitative estimate of drug-likeness (QED) is 0.620. The van der Waals surface area contributed by atoms with Crippen molar-refractivity contribution in [3.63, 3.8) is 0 Å². The van der Waals surface area contributed by atoms with E-state index in [9.17, 15) is 26.7 Å². The molecular weight excluding hydrogens is 323 g/mol. The molecular formula is C15H11F5O3. The topological polar surface area (TPSA) is 35.5 Å². The number of esters is 1. The van der Waals surface area contributed by atoms with E-state index in [1.54, 1.807) is 0 Å². The van der Waals surface area contributed by atoms with Gasteiger partial charge in [0.05, 0.1) is 14.2 Å². The molecule has 8 heteroatoms. The predicted molar refractivity (Wildman–Crippen MR) is 71.8 cm³/mol. The molecule has 0 aromatic heterocycles. The Morgan fingerprint density at radius 3 is 2.17 bits per heavy atom. The largest absolute Gasteiger partial charge is 0.495 e. The van der Waals surface area contributed by atoms with Crippen molar-refractivity contribution in [3.05, 3.63) is 41.5 Å². The Labute approximate surface area is 127 Å². The number of rotatable bonds is 3. The fourth-order valence-corrected chi connectivity index (χ4v) is 2.23. The lowest BCUT2D eigenvalue weighted by molar-refractivity contribution is -0.289. The zero-order valence-corrected chi connectivity index (χ0v) is 12.0. The molecule has 0 amide bonds. The highest BCUT2D eigenvalue weighted by Crippen LogP contribution is 2.48. The van der Waals surface area contributed by atoms with Gasteiger partial charge in [-0.05, 0) is 11.5 Å². The highest BCUT2D eigenvalue weighted by molar-refractivity contribution is 6.03. The summed E-state index contributed by atoms with van der Waals surface area (Å²) in [4.78, 5) is 11.8. The number of hydrogen-bond acceptors (Lipinski definition) is 3. The number of ether oxygens (including phenoxy) is 2. The molecule has 0 spiro atoms. The molecule has 23 heavy (non-hydrogen) atoms. The molecule has 0 aliphatic carbocycles. The van der Waals surface area contributed by atoms with Gasteiger partial charge in [-0.15, -0.1) is 0 Å². The first-order valence-corrected chi connectivity index (χ1v) is 6.28. The van der Waals surface area contributed by atoms with Crippen LogP contribution in [0, 0.1) is 0 Å². The number of fused-ring (bicyclic) bond motifs is 1. The van der Waals surface area contributed by atoms with Gasteiger partial charge in [-0.1, -0.05) is 24.3 Å². The third kappa shape index (κ3) is 2.69. The van der Waals surface area contributed by atoms with Crippen molar-refractivity contribution in [2.45, 2.75) is 12.1 Å². The van der Waals surface area contributed by atoms with E-state index in [2.05, 4.69) is 4.74 Å². The number of alkyl halides is 5. The number of carbonyl (C=O) groups is 1. The third-order valence-corrected chi connectivity index (χ3v) is 3.29. The molecule has 0 saturated heterocycles. The maximum Gasteiger partial charge on any atom is 0.458 e. The average Bonchev–Trinajstić information content (AvgIpc) is 2.51. The first-order chi connectivity index (χ1) is 10.6. The Morgan fingerprint density at radius 1 is 1.04 bits per heavy atom. The van der Waals surface area contributed by atoms with Crippen molar-refractivity contribution < 1.29 is 36.2 Å². The van der Waals surface area contributed by atoms with Gasteiger partial charge in [0.2, 0.25) is 0 Å². The normalized spacial score (nSPS) is 12.3. The van der Waals surface area contributed by atoms with Crippen molar-refractivity contribution in [2.75, 3.05) is 14.2 Å². The Kier molecular flexibility index (Phi) is 4.19. The molecule has 0 fully saturated rings. The minimum absolute atomic E-state index is 0.0796. The van der Waals surface area contributed by atoms with Gasteiger partial charge in [0.25, 0.3) is 0 Å². The second-order valence-corrected chi connectivity index (χ2v) is 4.62. The summed E-state index contributed by atoms with van der Waals surface area (Å²) in [7, 11) is 1.95. The zero-order chi connectivity index (χ0) is 17.4. The van der Waals surface area contributed by atoms with Crippen LogP contribution < -0.4 is 4.74 Å². The lowest BCUT2D eigenvalue weighted by Gasteiger charge is -2.24. The summed E-state index contributed by atoms with van der Waals surface area (Å²) in [6.07, 6.45) is -5.87. The van der Waals surface area contributed by atoms with E-state index in [1.807, 2.05) is 0 Å². The summed E-state index contributed by atoms with van der Waals surface area (Å²) in [6.45, 7) is 0. The highest BCUT2D eigenvalue weighted by atomic mass is 19.4. The van der Waals surface area contributed by atoms with Crippen molar-refractivity contribution >= 4 is 16.7 Å². The van der Waals surface area contributed by atoms with Crippen molar-refractivity contribution in [3.8, 4) is 5.75 Å². The molecule has 0 aliphatic rings. The van der Waals surface area contributed by atoms with Crippen LogP contribution in [-0.2, 0) is 10.7 Å². The van der Waals surface area contributed by atoms with E-state index < -0.39 is 34.9 Å². The molecule has 2 aromatic rings. The van der Waals surface area contributed by atoms with E-state index in [-0.39, 0.29) is 10.8 Å². The number of halogens is 5. The molecule has 124 valence electrons. The van der Waals surface area contributed by atoms with E-state index in [0.29, 0.717) is 6.07 Å². The second-order valence-electron chi connectivity index (χ2n) is 4.62. The van der Waals surface area contributed by atoms with Crippen LogP contribution in [0.5, 0.6) is 5.75 Å². The van der Waals surface area contributed by atoms with Crippen molar-refractivity contribution in [1.29, 1.82) is 0 Å². The van der Waals surface area contributed by atoms with Gasteiger partial charge in [0, 0.05) is 10.9 Å². The van der Waals surface area contributed by atoms with Gasteiger partial charge < -0.3 is 9.47 Å². The zero-order valence-electron chi connectivity index (χ0n) is 12.0. The lowest BCUT2D eigenvalue weighted by Crippen LogP contribution is -2.35. The van der Waals surface area contributed by atoms with Gasteiger partial charge in [-0.25, -0.2) is 4.79 Å². The summed E-state index contributed by atoms with van der Waals surface area (Å²) < 4.78 is 75.3. The van der Waals surface area contributed by atoms with E-state index in [1.165, 1.54) is 24.3 Å². The average molecular weight is 334 g/mol. The number of hydrogen-bond donors (Lipinski definition) is 0. The molecule has 2 aromatic carbocycles. The molecule has 0 N–H and O–H groups in total. The van der Waals surface area contributed by atoms with E-state index in [0.717, 1.165) is 14.2 Å². The summed E-state index contributed by atoms with van der Waals surface area (Å²) in [5, 5.41) is 0.299. The summed E-state index contributed by atoms with van der Waals surface area (Å²) in [5.74, 6) is -6.98. The second kappa shape index (κ2) is 5.68. The van der Waals surface area contributed by atoms with E-state index in [4.69, 9.17) is 4.74 Å². The monoisotopic (exact) mass is 334 g/mol. The van der Waals surface area contributed by atoms with Crippen molar-refractivity contribution in [2.24, 2.45) is 0 Å². The molecule has 2 rings (SSSR count). The Morgan fingerprint density at radius 2 is 1.65 bits per heavy atom. The Hall–Kier alpha value is -2.38. The lowest BCUT2D eigenvalue weighted by atomic mass is 9.94. The van der Waals surface area contributed by atoms with Crippen LogP contribution >= 0.6 is 0 Å². The highest BCUT2D eigenvalue weighted by Gasteiger charge is 2.60. The first-order valence-electron chi connectivity index (χ1n) is 6.28. The molecule has 0 heterocycles. The smallest absolute Gasteiger partial charge is 0.458 e. The number of benzene rings is 2. The van der Waals surface area contributed by atoms with Crippen molar-refractivity contribution in [1.82, 2.24) is 0 Å². The van der Waals surface area contributed by atoms with Gasteiger partial charge in [0.1, 0.15) is 11.3 Å². The molecule has 0 atom stereocenters. The third-order valence-electron chi connectivity index (χ3n) is 3.29. The maximum atomic E-state index is 13.9. The van der Waals surface area contributed by atoms with Gasteiger partial charge in [-0.3, -0.25) is 0 Å².